The van der Waals surface area contributed by atoms with Crippen molar-refractivity contribution in [3.8, 4) is 11.5 Å². The fourth-order valence-corrected chi connectivity index (χ4v) is 2.96. The normalized spacial score (nSPS) is 13.6. The molecule has 124 valence electrons. The van der Waals surface area contributed by atoms with Gasteiger partial charge in [-0.15, -0.1) is 0 Å². The molecule has 0 unspecified atom stereocenters. The highest BCUT2D eigenvalue weighted by molar-refractivity contribution is 9.10. The van der Waals surface area contributed by atoms with E-state index in [4.69, 9.17) is 9.47 Å². The molecule has 0 bridgehead atoms. The lowest BCUT2D eigenvalue weighted by Gasteiger charge is -2.11. The third-order valence-corrected chi connectivity index (χ3v) is 4.06. The van der Waals surface area contributed by atoms with E-state index in [1.54, 1.807) is 6.07 Å². The molecule has 0 radical (unpaired) electrons. The summed E-state index contributed by atoms with van der Waals surface area (Å²) in [4.78, 5) is 0. The van der Waals surface area contributed by atoms with Gasteiger partial charge in [0.2, 0.25) is 6.79 Å². The Labute approximate surface area is 138 Å². The van der Waals surface area contributed by atoms with E-state index in [0.29, 0.717) is 18.0 Å². The Hall–Kier alpha value is -1.74. The number of nitrogens with zero attached hydrogens (tertiary/aromatic N) is 2. The van der Waals surface area contributed by atoms with Crippen molar-refractivity contribution in [2.75, 3.05) is 6.79 Å². The molecule has 9 heteroatoms. The predicted octanol–water partition coefficient (Wildman–Crippen LogP) is 3.22. The van der Waals surface area contributed by atoms with Crippen LogP contribution in [0.25, 0.3) is 0 Å². The Morgan fingerprint density at radius 2 is 2.09 bits per heavy atom. The summed E-state index contributed by atoms with van der Waals surface area (Å²) in [7, 11) is 1.49. The van der Waals surface area contributed by atoms with Crippen molar-refractivity contribution in [2.24, 2.45) is 7.05 Å². The van der Waals surface area contributed by atoms with Crippen LogP contribution in [0.3, 0.4) is 0 Å². The van der Waals surface area contributed by atoms with Crippen LogP contribution in [0, 0.1) is 0 Å². The molecule has 0 aliphatic carbocycles. The average molecular weight is 392 g/mol. The van der Waals surface area contributed by atoms with E-state index >= 15 is 0 Å². The minimum Gasteiger partial charge on any atom is -0.454 e. The Morgan fingerprint density at radius 1 is 1.30 bits per heavy atom. The summed E-state index contributed by atoms with van der Waals surface area (Å²) >= 11 is 3.38. The molecule has 1 aliphatic rings. The highest BCUT2D eigenvalue weighted by atomic mass is 79.9. The Morgan fingerprint density at radius 3 is 2.83 bits per heavy atom. The number of alkyl halides is 3. The highest BCUT2D eigenvalue weighted by Gasteiger charge is 2.35. The van der Waals surface area contributed by atoms with Crippen molar-refractivity contribution in [1.82, 2.24) is 15.1 Å². The van der Waals surface area contributed by atoms with Crippen molar-refractivity contribution < 1.29 is 22.6 Å². The number of aryl methyl sites for hydroxylation is 1. The number of hydrogen-bond donors (Lipinski definition) is 1. The van der Waals surface area contributed by atoms with Gasteiger partial charge in [-0.1, -0.05) is 0 Å². The molecule has 0 atom stereocenters. The maximum Gasteiger partial charge on any atom is 0.419 e. The second kappa shape index (κ2) is 6.04. The first-order valence-corrected chi connectivity index (χ1v) is 7.52. The largest absolute Gasteiger partial charge is 0.454 e. The van der Waals surface area contributed by atoms with E-state index in [-0.39, 0.29) is 19.0 Å². The lowest BCUT2D eigenvalue weighted by molar-refractivity contribution is -0.138. The predicted molar refractivity (Wildman–Crippen MR) is 79.0 cm³/mol. The molecule has 0 spiro atoms. The third kappa shape index (κ3) is 3.30. The monoisotopic (exact) mass is 391 g/mol. The molecule has 1 aliphatic heterocycles. The van der Waals surface area contributed by atoms with Crippen molar-refractivity contribution in [2.45, 2.75) is 19.3 Å². The molecular formula is C14H13BrF3N3O2. The summed E-state index contributed by atoms with van der Waals surface area (Å²) in [6, 6.07) is 3.64. The molecule has 2 heterocycles. The van der Waals surface area contributed by atoms with Crippen molar-refractivity contribution in [1.29, 1.82) is 0 Å². The van der Waals surface area contributed by atoms with Gasteiger partial charge in [-0.25, -0.2) is 0 Å². The lowest BCUT2D eigenvalue weighted by atomic mass is 10.2. The summed E-state index contributed by atoms with van der Waals surface area (Å²) in [6.07, 6.45) is -3.57. The standard InChI is InChI=1S/C14H13BrF3N3O2/c1-21-11(9(5-20-21)14(16,17)18)6-19-4-8-2-10(15)13-12(3-8)22-7-23-13/h2-3,5,19H,4,6-7H2,1H3. The molecule has 1 aromatic carbocycles. The van der Waals surface area contributed by atoms with Gasteiger partial charge in [-0.3, -0.25) is 4.68 Å². The van der Waals surface area contributed by atoms with Crippen LogP contribution >= 0.6 is 15.9 Å². The van der Waals surface area contributed by atoms with Crippen molar-refractivity contribution in [3.63, 3.8) is 0 Å². The first kappa shape index (κ1) is 16.1. The summed E-state index contributed by atoms with van der Waals surface area (Å²) < 4.78 is 51.3. The maximum atomic E-state index is 12.9. The number of benzene rings is 1. The van der Waals surface area contributed by atoms with Crippen LogP contribution in [0.2, 0.25) is 0 Å². The van der Waals surface area contributed by atoms with E-state index < -0.39 is 11.7 Å². The average Bonchev–Trinajstić information content (AvgIpc) is 3.06. The number of rotatable bonds is 4. The molecular weight excluding hydrogens is 379 g/mol. The van der Waals surface area contributed by atoms with Gasteiger partial charge in [0.05, 0.1) is 21.9 Å². The Kier molecular flexibility index (Phi) is 4.24. The van der Waals surface area contributed by atoms with Crippen LogP contribution < -0.4 is 14.8 Å². The van der Waals surface area contributed by atoms with E-state index in [1.165, 1.54) is 11.7 Å². The zero-order chi connectivity index (χ0) is 16.6. The van der Waals surface area contributed by atoms with Crippen LogP contribution in [0.15, 0.2) is 22.8 Å². The first-order valence-electron chi connectivity index (χ1n) is 6.73. The van der Waals surface area contributed by atoms with Gasteiger partial charge in [0, 0.05) is 20.1 Å². The highest BCUT2D eigenvalue weighted by Crippen LogP contribution is 2.40. The molecule has 5 nitrogen and oxygen atoms in total. The smallest absolute Gasteiger partial charge is 0.419 e. The number of fused-ring (bicyclic) bond motifs is 1. The molecule has 2 aromatic rings. The quantitative estimate of drug-likeness (QED) is 0.869. The minimum atomic E-state index is -4.41. The topological polar surface area (TPSA) is 48.3 Å². The van der Waals surface area contributed by atoms with Crippen LogP contribution in [-0.4, -0.2) is 16.6 Å². The molecule has 1 N–H and O–H groups in total. The van der Waals surface area contributed by atoms with Gasteiger partial charge >= 0.3 is 6.18 Å². The van der Waals surface area contributed by atoms with Crippen LogP contribution in [-0.2, 0) is 26.3 Å². The van der Waals surface area contributed by atoms with E-state index in [2.05, 4.69) is 26.3 Å². The summed E-state index contributed by atoms with van der Waals surface area (Å²) in [6.45, 7) is 0.601. The molecule has 0 fully saturated rings. The molecule has 23 heavy (non-hydrogen) atoms. The number of nitrogens with one attached hydrogen (secondary N) is 1. The molecule has 0 saturated heterocycles. The molecule has 0 amide bonds. The van der Waals surface area contributed by atoms with Gasteiger partial charge in [-0.2, -0.15) is 18.3 Å². The van der Waals surface area contributed by atoms with E-state index in [9.17, 15) is 13.2 Å². The van der Waals surface area contributed by atoms with E-state index in [1.807, 2.05) is 6.07 Å². The van der Waals surface area contributed by atoms with Crippen LogP contribution in [0.1, 0.15) is 16.8 Å². The minimum absolute atomic E-state index is 0.0530. The second-order valence-electron chi connectivity index (χ2n) is 5.04. The van der Waals surface area contributed by atoms with Gasteiger partial charge in [0.25, 0.3) is 0 Å². The van der Waals surface area contributed by atoms with Gasteiger partial charge in [-0.05, 0) is 33.6 Å². The number of ether oxygens (including phenoxy) is 2. The third-order valence-electron chi connectivity index (χ3n) is 3.48. The Balaban J connectivity index is 1.69. The fraction of sp³-hybridized carbons (Fsp3) is 0.357. The number of halogens is 4. The second-order valence-corrected chi connectivity index (χ2v) is 5.90. The summed E-state index contributed by atoms with van der Waals surface area (Å²) in [5, 5.41) is 6.68. The van der Waals surface area contributed by atoms with Crippen molar-refractivity contribution in [3.05, 3.63) is 39.6 Å². The zero-order valence-corrected chi connectivity index (χ0v) is 13.7. The summed E-state index contributed by atoms with van der Waals surface area (Å²) in [5.41, 5.74) is 0.244. The van der Waals surface area contributed by atoms with Crippen LogP contribution in [0.5, 0.6) is 11.5 Å². The SMILES string of the molecule is Cn1ncc(C(F)(F)F)c1CNCc1cc(Br)c2c(c1)OCO2. The fourth-order valence-electron chi connectivity index (χ4n) is 2.36. The van der Waals surface area contributed by atoms with Crippen molar-refractivity contribution >= 4 is 15.9 Å². The molecule has 0 saturated carbocycles. The molecule has 3 rings (SSSR count). The zero-order valence-electron chi connectivity index (χ0n) is 12.1. The number of hydrogen-bond acceptors (Lipinski definition) is 4. The number of aromatic nitrogens is 2. The lowest BCUT2D eigenvalue weighted by Crippen LogP contribution is -2.19. The van der Waals surface area contributed by atoms with E-state index in [0.717, 1.165) is 16.2 Å². The van der Waals surface area contributed by atoms with Gasteiger partial charge < -0.3 is 14.8 Å². The first-order chi connectivity index (χ1) is 10.9. The van der Waals surface area contributed by atoms with Crippen LogP contribution in [0.4, 0.5) is 13.2 Å². The molecule has 1 aromatic heterocycles. The van der Waals surface area contributed by atoms with Gasteiger partial charge in [0.1, 0.15) is 0 Å². The summed E-state index contributed by atoms with van der Waals surface area (Å²) in [5.74, 6) is 1.26. The van der Waals surface area contributed by atoms with Gasteiger partial charge in [0.15, 0.2) is 11.5 Å². The Bertz CT molecular complexity index is 731. The maximum absolute atomic E-state index is 12.9.